The van der Waals surface area contributed by atoms with Crippen LogP contribution in [-0.2, 0) is 21.0 Å². The molecule has 2 aromatic rings. The van der Waals surface area contributed by atoms with Crippen molar-refractivity contribution in [2.45, 2.75) is 74.8 Å². The Labute approximate surface area is 242 Å². The largest absolute Gasteiger partial charge is 0.508 e. The monoisotopic (exact) mass is 628 g/mol. The average Bonchev–Trinajstić information content (AvgIpc) is 2.90. The lowest BCUT2D eigenvalue weighted by atomic mass is 9.66. The van der Waals surface area contributed by atoms with Gasteiger partial charge in [0.05, 0.1) is 6.61 Å². The van der Waals surface area contributed by atoms with E-state index in [0.717, 1.165) is 11.1 Å². The van der Waals surface area contributed by atoms with Crippen LogP contribution in [0.15, 0.2) is 42.5 Å². The molecule has 0 fully saturated rings. The maximum atomic E-state index is 14.2. The highest BCUT2D eigenvalue weighted by atomic mass is 32.2. The third-order valence-electron chi connectivity index (χ3n) is 7.51. The van der Waals surface area contributed by atoms with Crippen LogP contribution in [0.5, 0.6) is 17.2 Å². The fourth-order valence-electron chi connectivity index (χ4n) is 5.02. The molecule has 42 heavy (non-hydrogen) atoms. The van der Waals surface area contributed by atoms with E-state index >= 15 is 0 Å². The third kappa shape index (κ3) is 8.98. The Balaban J connectivity index is 1.45. The number of phenolic OH excluding ortho intramolecular Hbond substituents is 2. The summed E-state index contributed by atoms with van der Waals surface area (Å²) < 4.78 is 114. The minimum absolute atomic E-state index is 0.0345. The molecule has 1 aliphatic heterocycles. The van der Waals surface area contributed by atoms with Gasteiger partial charge in [-0.1, -0.05) is 31.5 Å². The van der Waals surface area contributed by atoms with E-state index in [-0.39, 0.29) is 24.0 Å². The molecule has 0 saturated carbocycles. The van der Waals surface area contributed by atoms with Crippen molar-refractivity contribution in [1.29, 1.82) is 0 Å². The highest BCUT2D eigenvalue weighted by Gasteiger charge is 2.56. The first-order chi connectivity index (χ1) is 19.5. The van der Waals surface area contributed by atoms with Crippen LogP contribution in [0.4, 0.5) is 30.7 Å². The lowest BCUT2D eigenvalue weighted by Gasteiger charge is -2.43. The summed E-state index contributed by atoms with van der Waals surface area (Å²) in [4.78, 5) is 0. The molecule has 0 amide bonds. The summed E-state index contributed by atoms with van der Waals surface area (Å²) in [5, 5.41) is 19.6. The summed E-state index contributed by atoms with van der Waals surface area (Å²) in [5.74, 6) is -8.57. The summed E-state index contributed by atoms with van der Waals surface area (Å²) in [6, 6.07) is 11.8. The van der Waals surface area contributed by atoms with Crippen molar-refractivity contribution in [1.82, 2.24) is 0 Å². The second-order valence-corrected chi connectivity index (χ2v) is 12.5. The molecule has 0 saturated heterocycles. The molecule has 2 aromatic carbocycles. The first-order valence-electron chi connectivity index (χ1n) is 13.5. The van der Waals surface area contributed by atoms with Gasteiger partial charge in [0.25, 0.3) is 5.92 Å². The minimum Gasteiger partial charge on any atom is -0.508 e. The highest BCUT2D eigenvalue weighted by Crippen LogP contribution is 2.49. The number of phenols is 2. The summed E-state index contributed by atoms with van der Waals surface area (Å²) in [5.41, 5.74) is 1.38. The van der Waals surface area contributed by atoms with Crippen molar-refractivity contribution in [3.8, 4) is 17.2 Å². The van der Waals surface area contributed by atoms with Crippen LogP contribution in [0.2, 0.25) is 0 Å². The van der Waals surface area contributed by atoms with Gasteiger partial charge in [0.1, 0.15) is 23.9 Å². The second-order valence-electron chi connectivity index (χ2n) is 10.8. The third-order valence-corrected chi connectivity index (χ3v) is 8.92. The Bertz CT molecular complexity index is 1190. The van der Waals surface area contributed by atoms with E-state index in [9.17, 15) is 45.2 Å². The Morgan fingerprint density at radius 1 is 0.929 bits per heavy atom. The molecule has 0 aliphatic carbocycles. The summed E-state index contributed by atoms with van der Waals surface area (Å²) in [6.45, 7) is 1.48. The lowest BCUT2D eigenvalue weighted by Crippen LogP contribution is -2.40. The lowest BCUT2D eigenvalue weighted by molar-refractivity contribution is -0.284. The standard InChI is InChI=1S/C29H35F7O5S/c1-26(20-6-8-21(37)9-7-20)18-41-25-17-22(38)10-11-23(25)24(26)5-2-3-14-40-19-27(30,31)13-16-42(39)15-4-12-28(32,33)29(34,35)36/h6-11,17,24,37-38H,2-5,12-16,18-19H2,1H3/t24-,26-,42?/m1/s1. The van der Waals surface area contributed by atoms with E-state index in [1.54, 1.807) is 30.3 Å². The predicted octanol–water partition coefficient (Wildman–Crippen LogP) is 7.47. The quantitative estimate of drug-likeness (QED) is 0.158. The Kier molecular flexibility index (Phi) is 11.2. The maximum absolute atomic E-state index is 14.2. The van der Waals surface area contributed by atoms with Crippen LogP contribution < -0.4 is 4.74 Å². The van der Waals surface area contributed by atoms with Crippen molar-refractivity contribution < 1.29 is 54.6 Å². The number of hydrogen-bond donors (Lipinski definition) is 2. The molecule has 1 aliphatic rings. The molecule has 1 heterocycles. The van der Waals surface area contributed by atoms with Crippen LogP contribution in [0.1, 0.15) is 62.5 Å². The normalized spacial score (nSPS) is 20.1. The fourth-order valence-corrected chi connectivity index (χ4v) is 6.21. The van der Waals surface area contributed by atoms with Crippen LogP contribution in [-0.4, -0.2) is 63.8 Å². The Morgan fingerprint density at radius 2 is 1.60 bits per heavy atom. The predicted molar refractivity (Wildman–Crippen MR) is 144 cm³/mol. The van der Waals surface area contributed by atoms with E-state index in [4.69, 9.17) is 9.47 Å². The van der Waals surface area contributed by atoms with Gasteiger partial charge in [0.15, 0.2) is 0 Å². The fraction of sp³-hybridized carbons (Fsp3) is 0.586. The van der Waals surface area contributed by atoms with Crippen molar-refractivity contribution in [2.75, 3.05) is 31.3 Å². The number of halogens is 7. The van der Waals surface area contributed by atoms with E-state index in [0.29, 0.717) is 31.6 Å². The molecule has 13 heteroatoms. The summed E-state index contributed by atoms with van der Waals surface area (Å²) in [7, 11) is -1.96. The van der Waals surface area contributed by atoms with Gasteiger partial charge >= 0.3 is 12.1 Å². The number of benzene rings is 2. The molecule has 3 rings (SSSR count). The first kappa shape index (κ1) is 34.0. The molecule has 3 atom stereocenters. The van der Waals surface area contributed by atoms with Gasteiger partial charge in [-0.05, 0) is 48.6 Å². The van der Waals surface area contributed by atoms with E-state index < -0.39 is 71.6 Å². The molecule has 1 unspecified atom stereocenters. The minimum atomic E-state index is -5.70. The molecular weight excluding hydrogens is 593 g/mol. The smallest absolute Gasteiger partial charge is 0.453 e. The van der Waals surface area contributed by atoms with Crippen LogP contribution in [0.25, 0.3) is 0 Å². The van der Waals surface area contributed by atoms with E-state index in [2.05, 4.69) is 0 Å². The first-order valence-corrected chi connectivity index (χ1v) is 15.0. The van der Waals surface area contributed by atoms with Crippen LogP contribution in [0, 0.1) is 0 Å². The van der Waals surface area contributed by atoms with E-state index in [1.807, 2.05) is 19.1 Å². The molecule has 0 aromatic heterocycles. The van der Waals surface area contributed by atoms with Gasteiger partial charge in [-0.3, -0.25) is 4.21 Å². The molecule has 0 spiro atoms. The van der Waals surface area contributed by atoms with Crippen molar-refractivity contribution in [3.63, 3.8) is 0 Å². The Hall–Kier alpha value is -2.54. The van der Waals surface area contributed by atoms with Gasteiger partial charge in [0.2, 0.25) is 0 Å². The van der Waals surface area contributed by atoms with Gasteiger partial charge < -0.3 is 19.7 Å². The van der Waals surface area contributed by atoms with Crippen LogP contribution >= 0.6 is 0 Å². The van der Waals surface area contributed by atoms with Crippen molar-refractivity contribution >= 4 is 10.8 Å². The number of fused-ring (bicyclic) bond motifs is 1. The van der Waals surface area contributed by atoms with Gasteiger partial charge in [-0.2, -0.15) is 22.0 Å². The molecule has 2 N–H and O–H groups in total. The summed E-state index contributed by atoms with van der Waals surface area (Å²) in [6.07, 6.45) is -7.05. The van der Waals surface area contributed by atoms with Gasteiger partial charge in [-0.15, -0.1) is 0 Å². The molecular formula is C29H35F7O5S. The molecule has 0 bridgehead atoms. The van der Waals surface area contributed by atoms with Crippen LogP contribution in [0.3, 0.4) is 0 Å². The van der Waals surface area contributed by atoms with Gasteiger partial charge in [-0.25, -0.2) is 8.78 Å². The maximum Gasteiger partial charge on any atom is 0.453 e. The SMILES string of the molecule is C[C@]1(c2ccc(O)cc2)COc2cc(O)ccc2[C@H]1CCCCOCC(F)(F)CCS(=O)CCCC(F)(F)C(F)(F)F. The summed E-state index contributed by atoms with van der Waals surface area (Å²) >= 11 is 0. The number of unbranched alkanes of at least 4 members (excludes halogenated alkanes) is 1. The van der Waals surface area contributed by atoms with Gasteiger partial charge in [0, 0.05) is 59.2 Å². The Morgan fingerprint density at radius 3 is 2.26 bits per heavy atom. The zero-order valence-electron chi connectivity index (χ0n) is 23.1. The molecule has 5 nitrogen and oxygen atoms in total. The molecule has 0 radical (unpaired) electrons. The topological polar surface area (TPSA) is 76.0 Å². The average molecular weight is 629 g/mol. The van der Waals surface area contributed by atoms with Crippen molar-refractivity contribution in [3.05, 3.63) is 53.6 Å². The zero-order chi connectivity index (χ0) is 31.2. The second kappa shape index (κ2) is 13.8. The molecule has 236 valence electrons. The highest BCUT2D eigenvalue weighted by molar-refractivity contribution is 7.84. The number of hydrogen-bond acceptors (Lipinski definition) is 5. The zero-order valence-corrected chi connectivity index (χ0v) is 23.9. The number of ether oxygens (including phenoxy) is 2. The van der Waals surface area contributed by atoms with E-state index in [1.165, 1.54) is 0 Å². The number of alkyl halides is 7. The number of aromatic hydroxyl groups is 2. The number of rotatable bonds is 15. The van der Waals surface area contributed by atoms with Crippen molar-refractivity contribution in [2.24, 2.45) is 0 Å².